The number of carbonyl (C=O) groups excluding carboxylic acids is 1. The molecule has 0 spiro atoms. The monoisotopic (exact) mass is 231 g/mol. The predicted octanol–water partition coefficient (Wildman–Crippen LogP) is 1.26. The van der Waals surface area contributed by atoms with Crippen LogP contribution in [0.3, 0.4) is 0 Å². The summed E-state index contributed by atoms with van der Waals surface area (Å²) in [5.74, 6) is 2.36. The van der Waals surface area contributed by atoms with Crippen LogP contribution in [0.25, 0.3) is 0 Å². The van der Waals surface area contributed by atoms with Crippen LogP contribution in [0.15, 0.2) is 0 Å². The summed E-state index contributed by atoms with van der Waals surface area (Å²) in [5, 5.41) is 11.5. The summed E-state index contributed by atoms with van der Waals surface area (Å²) in [5.41, 5.74) is 0.230. The van der Waals surface area contributed by atoms with Gasteiger partial charge < -0.3 is 10.4 Å². The van der Waals surface area contributed by atoms with Crippen LogP contribution in [0.2, 0.25) is 0 Å². The lowest BCUT2D eigenvalue weighted by molar-refractivity contribution is -0.122. The number of amides is 1. The molecule has 1 fully saturated rings. The Hall–Kier alpha value is -0.220. The van der Waals surface area contributed by atoms with E-state index in [-0.39, 0.29) is 23.8 Å². The number of hydrogen-bond acceptors (Lipinski definition) is 3. The van der Waals surface area contributed by atoms with Crippen molar-refractivity contribution < 1.29 is 9.90 Å². The molecule has 1 unspecified atom stereocenters. The molecule has 0 aromatic rings. The van der Waals surface area contributed by atoms with Gasteiger partial charge in [0.05, 0.1) is 0 Å². The summed E-state index contributed by atoms with van der Waals surface area (Å²) < 4.78 is 0. The van der Waals surface area contributed by atoms with Gasteiger partial charge in [-0.15, -0.1) is 0 Å². The number of carbonyl (C=O) groups is 1. The Morgan fingerprint density at radius 2 is 2.20 bits per heavy atom. The second-order valence-corrected chi connectivity index (χ2v) is 5.95. The molecule has 1 aliphatic carbocycles. The first kappa shape index (κ1) is 12.8. The van der Waals surface area contributed by atoms with Crippen molar-refractivity contribution in [3.63, 3.8) is 0 Å². The molecule has 1 rings (SSSR count). The summed E-state index contributed by atoms with van der Waals surface area (Å²) in [6.45, 7) is 5.28. The first-order valence-electron chi connectivity index (χ1n) is 5.54. The van der Waals surface area contributed by atoms with Crippen molar-refractivity contribution in [2.45, 2.75) is 26.7 Å². The normalized spacial score (nSPS) is 22.5. The summed E-state index contributed by atoms with van der Waals surface area (Å²) in [6.07, 6.45) is 1.87. The van der Waals surface area contributed by atoms with Gasteiger partial charge >= 0.3 is 0 Å². The molecule has 0 heterocycles. The third-order valence-electron chi connectivity index (χ3n) is 2.82. The molecule has 1 saturated carbocycles. The number of thioether (sulfide) groups is 1. The average Bonchev–Trinajstić information content (AvgIpc) is 2.81. The van der Waals surface area contributed by atoms with Crippen molar-refractivity contribution in [3.8, 4) is 0 Å². The van der Waals surface area contributed by atoms with E-state index in [1.54, 1.807) is 11.8 Å². The van der Waals surface area contributed by atoms with Crippen LogP contribution in [-0.4, -0.2) is 35.7 Å². The molecule has 1 atom stereocenters. The molecule has 0 aliphatic heterocycles. The topological polar surface area (TPSA) is 49.3 Å². The van der Waals surface area contributed by atoms with Crippen LogP contribution in [0, 0.1) is 11.3 Å². The molecule has 2 N–H and O–H groups in total. The standard InChI is InChI=1S/C11H21NO2S/c1-11(2)8-9(11)10(14)12-4-7-15-6-3-5-13/h9,13H,3-8H2,1-2H3,(H,12,14). The highest BCUT2D eigenvalue weighted by molar-refractivity contribution is 7.99. The fourth-order valence-electron chi connectivity index (χ4n) is 1.55. The summed E-state index contributed by atoms with van der Waals surface area (Å²) >= 11 is 1.78. The quantitative estimate of drug-likeness (QED) is 0.649. The Kier molecular flexibility index (Phi) is 4.93. The maximum Gasteiger partial charge on any atom is 0.223 e. The van der Waals surface area contributed by atoms with E-state index in [4.69, 9.17) is 5.11 Å². The lowest BCUT2D eigenvalue weighted by atomic mass is 10.1. The number of hydrogen-bond donors (Lipinski definition) is 2. The molecule has 15 heavy (non-hydrogen) atoms. The Labute approximate surface area is 96.0 Å². The summed E-state index contributed by atoms with van der Waals surface area (Å²) in [4.78, 5) is 11.5. The van der Waals surface area contributed by atoms with Gasteiger partial charge in [0.15, 0.2) is 0 Å². The third kappa shape index (κ3) is 4.43. The SMILES string of the molecule is CC1(C)CC1C(=O)NCCSCCCO. The van der Waals surface area contributed by atoms with Gasteiger partial charge in [-0.1, -0.05) is 13.8 Å². The molecule has 0 aromatic heterocycles. The van der Waals surface area contributed by atoms with Crippen molar-refractivity contribution in [1.82, 2.24) is 5.32 Å². The van der Waals surface area contributed by atoms with Crippen molar-refractivity contribution >= 4 is 17.7 Å². The van der Waals surface area contributed by atoms with Crippen LogP contribution < -0.4 is 5.32 Å². The number of rotatable bonds is 7. The molecule has 1 amide bonds. The molecule has 0 bridgehead atoms. The van der Waals surface area contributed by atoms with Crippen molar-refractivity contribution in [2.24, 2.45) is 11.3 Å². The van der Waals surface area contributed by atoms with Gasteiger partial charge in [0.1, 0.15) is 0 Å². The van der Waals surface area contributed by atoms with Gasteiger partial charge in [-0.2, -0.15) is 11.8 Å². The lowest BCUT2D eigenvalue weighted by Crippen LogP contribution is -2.28. The van der Waals surface area contributed by atoms with Crippen LogP contribution in [0.5, 0.6) is 0 Å². The van der Waals surface area contributed by atoms with E-state index in [0.717, 1.165) is 30.9 Å². The van der Waals surface area contributed by atoms with Gasteiger partial charge in [0.25, 0.3) is 0 Å². The summed E-state index contributed by atoms with van der Waals surface area (Å²) in [6, 6.07) is 0. The molecule has 3 nitrogen and oxygen atoms in total. The highest BCUT2D eigenvalue weighted by Crippen LogP contribution is 2.51. The number of aliphatic hydroxyl groups excluding tert-OH is 1. The Morgan fingerprint density at radius 1 is 1.53 bits per heavy atom. The molecule has 0 saturated heterocycles. The van der Waals surface area contributed by atoms with Crippen molar-refractivity contribution in [3.05, 3.63) is 0 Å². The second-order valence-electron chi connectivity index (χ2n) is 4.73. The minimum Gasteiger partial charge on any atom is -0.396 e. The molecule has 4 heteroatoms. The van der Waals surface area contributed by atoms with Gasteiger partial charge in [0.2, 0.25) is 5.91 Å². The first-order valence-corrected chi connectivity index (χ1v) is 6.70. The Morgan fingerprint density at radius 3 is 2.73 bits per heavy atom. The van der Waals surface area contributed by atoms with Gasteiger partial charge in [-0.3, -0.25) is 4.79 Å². The molecule has 0 aromatic carbocycles. The summed E-state index contributed by atoms with van der Waals surface area (Å²) in [7, 11) is 0. The first-order chi connectivity index (χ1) is 7.08. The lowest BCUT2D eigenvalue weighted by Gasteiger charge is -2.06. The van der Waals surface area contributed by atoms with Crippen molar-refractivity contribution in [2.75, 3.05) is 24.7 Å². The zero-order valence-electron chi connectivity index (χ0n) is 9.58. The molecule has 88 valence electrons. The largest absolute Gasteiger partial charge is 0.396 e. The Bertz CT molecular complexity index is 219. The predicted molar refractivity (Wildman–Crippen MR) is 63.9 cm³/mol. The van der Waals surface area contributed by atoms with Gasteiger partial charge in [-0.25, -0.2) is 0 Å². The maximum absolute atomic E-state index is 11.5. The fourth-order valence-corrected chi connectivity index (χ4v) is 2.34. The highest BCUT2D eigenvalue weighted by Gasteiger charge is 2.50. The average molecular weight is 231 g/mol. The minimum absolute atomic E-state index is 0.211. The van der Waals surface area contributed by atoms with Gasteiger partial charge in [-0.05, 0) is 24.0 Å². The zero-order valence-corrected chi connectivity index (χ0v) is 10.4. The zero-order chi connectivity index (χ0) is 11.3. The number of nitrogens with one attached hydrogen (secondary N) is 1. The van der Waals surface area contributed by atoms with Gasteiger partial charge in [0, 0.05) is 24.8 Å². The molecular formula is C11H21NO2S. The van der Waals surface area contributed by atoms with E-state index >= 15 is 0 Å². The van der Waals surface area contributed by atoms with E-state index < -0.39 is 0 Å². The minimum atomic E-state index is 0.211. The second kappa shape index (κ2) is 5.75. The van der Waals surface area contributed by atoms with E-state index in [2.05, 4.69) is 19.2 Å². The van der Waals surface area contributed by atoms with Crippen LogP contribution in [-0.2, 0) is 4.79 Å². The number of aliphatic hydroxyl groups is 1. The highest BCUT2D eigenvalue weighted by atomic mass is 32.2. The maximum atomic E-state index is 11.5. The fraction of sp³-hybridized carbons (Fsp3) is 0.909. The van der Waals surface area contributed by atoms with Crippen LogP contribution in [0.4, 0.5) is 0 Å². The molecular weight excluding hydrogens is 210 g/mol. The van der Waals surface area contributed by atoms with E-state index in [1.165, 1.54) is 0 Å². The van der Waals surface area contributed by atoms with E-state index in [0.29, 0.717) is 0 Å². The van der Waals surface area contributed by atoms with Crippen molar-refractivity contribution in [1.29, 1.82) is 0 Å². The Balaban J connectivity index is 1.94. The van der Waals surface area contributed by atoms with E-state index in [9.17, 15) is 4.79 Å². The molecule has 1 aliphatic rings. The van der Waals surface area contributed by atoms with Crippen LogP contribution in [0.1, 0.15) is 26.7 Å². The smallest absolute Gasteiger partial charge is 0.223 e. The van der Waals surface area contributed by atoms with Crippen LogP contribution >= 0.6 is 11.8 Å². The third-order valence-corrected chi connectivity index (χ3v) is 3.89. The van der Waals surface area contributed by atoms with E-state index in [1.807, 2.05) is 0 Å². The molecule has 0 radical (unpaired) electrons.